The Morgan fingerprint density at radius 3 is 2.64 bits per heavy atom. The van der Waals surface area contributed by atoms with Crippen LogP contribution in [0.2, 0.25) is 0 Å². The number of carbonyl (C=O) groups excluding carboxylic acids is 1. The zero-order valence-corrected chi connectivity index (χ0v) is 14.9. The number of benzene rings is 1. The number of aliphatic hydroxyl groups is 1. The summed E-state index contributed by atoms with van der Waals surface area (Å²) in [5.74, 6) is -0.260. The number of nitrogens with zero attached hydrogens (tertiary/aromatic N) is 3. The van der Waals surface area contributed by atoms with Crippen LogP contribution in [0.3, 0.4) is 0 Å². The smallest absolute Gasteiger partial charge is 0.224 e. The molecule has 3 rings (SSSR count). The van der Waals surface area contributed by atoms with E-state index in [0.717, 1.165) is 44.8 Å². The summed E-state index contributed by atoms with van der Waals surface area (Å²) in [4.78, 5) is 19.2. The zero-order chi connectivity index (χ0) is 17.8. The van der Waals surface area contributed by atoms with Crippen molar-refractivity contribution < 1.29 is 14.3 Å². The number of halogens is 1. The van der Waals surface area contributed by atoms with E-state index in [4.69, 9.17) is 0 Å². The number of carbonyl (C=O) groups is 1. The lowest BCUT2D eigenvalue weighted by atomic mass is 10.0. The standard InChI is InChI=1S/C19H28FN3O2/c1-2-21-8-10-22(11-9-21)7-6-19(25)23-14-17(24)13-18(23)15-4-3-5-16(20)12-15/h3-5,12,17-18,24H,2,6-11,13-14H2,1H3. The van der Waals surface area contributed by atoms with Gasteiger partial charge in [0.25, 0.3) is 0 Å². The highest BCUT2D eigenvalue weighted by Gasteiger charge is 2.35. The molecule has 2 saturated heterocycles. The van der Waals surface area contributed by atoms with Crippen LogP contribution in [0.5, 0.6) is 0 Å². The fourth-order valence-electron chi connectivity index (χ4n) is 3.85. The summed E-state index contributed by atoms with van der Waals surface area (Å²) >= 11 is 0. The lowest BCUT2D eigenvalue weighted by Crippen LogP contribution is -2.47. The van der Waals surface area contributed by atoms with Crippen molar-refractivity contribution in [3.05, 3.63) is 35.6 Å². The summed E-state index contributed by atoms with van der Waals surface area (Å²) in [5, 5.41) is 10.0. The van der Waals surface area contributed by atoms with E-state index in [-0.39, 0.29) is 17.8 Å². The third kappa shape index (κ3) is 4.57. The number of hydrogen-bond acceptors (Lipinski definition) is 4. The summed E-state index contributed by atoms with van der Waals surface area (Å²) < 4.78 is 13.5. The van der Waals surface area contributed by atoms with Gasteiger partial charge in [-0.15, -0.1) is 0 Å². The topological polar surface area (TPSA) is 47.0 Å². The Balaban J connectivity index is 1.57. The van der Waals surface area contributed by atoms with E-state index in [2.05, 4.69) is 16.7 Å². The van der Waals surface area contributed by atoms with Crippen LogP contribution in [0.25, 0.3) is 0 Å². The van der Waals surface area contributed by atoms with Crippen molar-refractivity contribution in [2.75, 3.05) is 45.8 Å². The molecule has 2 fully saturated rings. The molecule has 2 aliphatic rings. The molecule has 2 unspecified atom stereocenters. The van der Waals surface area contributed by atoms with Crippen LogP contribution in [0.4, 0.5) is 4.39 Å². The normalized spacial score (nSPS) is 25.5. The summed E-state index contributed by atoms with van der Waals surface area (Å²) in [6.07, 6.45) is 0.389. The summed E-state index contributed by atoms with van der Waals surface area (Å²) in [6.45, 7) is 8.44. The maximum absolute atomic E-state index is 13.5. The van der Waals surface area contributed by atoms with Gasteiger partial charge in [-0.3, -0.25) is 4.79 Å². The predicted molar refractivity (Wildman–Crippen MR) is 94.6 cm³/mol. The first-order valence-corrected chi connectivity index (χ1v) is 9.24. The molecule has 1 aromatic carbocycles. The van der Waals surface area contributed by atoms with Crippen LogP contribution < -0.4 is 0 Å². The predicted octanol–water partition coefficient (Wildman–Crippen LogP) is 1.49. The van der Waals surface area contributed by atoms with Crippen molar-refractivity contribution in [2.24, 2.45) is 0 Å². The Morgan fingerprint density at radius 2 is 1.96 bits per heavy atom. The maximum Gasteiger partial charge on any atom is 0.224 e. The van der Waals surface area contributed by atoms with Crippen LogP contribution in [0.1, 0.15) is 31.4 Å². The van der Waals surface area contributed by atoms with E-state index in [1.54, 1.807) is 11.0 Å². The molecule has 138 valence electrons. The highest BCUT2D eigenvalue weighted by atomic mass is 19.1. The Kier molecular flexibility index (Phi) is 6.04. The van der Waals surface area contributed by atoms with E-state index in [1.807, 2.05) is 6.07 Å². The molecule has 0 spiro atoms. The van der Waals surface area contributed by atoms with Gasteiger partial charge in [0, 0.05) is 45.7 Å². The Morgan fingerprint density at radius 1 is 1.24 bits per heavy atom. The summed E-state index contributed by atoms with van der Waals surface area (Å²) in [5.41, 5.74) is 0.765. The molecule has 0 saturated carbocycles. The van der Waals surface area contributed by atoms with Crippen LogP contribution in [0, 0.1) is 5.82 Å². The first-order chi connectivity index (χ1) is 12.1. The number of amides is 1. The molecular formula is C19H28FN3O2. The first-order valence-electron chi connectivity index (χ1n) is 9.24. The molecule has 6 heteroatoms. The molecule has 1 amide bonds. The Labute approximate surface area is 149 Å². The van der Waals surface area contributed by atoms with Crippen LogP contribution in [-0.2, 0) is 4.79 Å². The van der Waals surface area contributed by atoms with E-state index in [1.165, 1.54) is 12.1 Å². The molecule has 25 heavy (non-hydrogen) atoms. The fourth-order valence-corrected chi connectivity index (χ4v) is 3.85. The van der Waals surface area contributed by atoms with Crippen LogP contribution >= 0.6 is 0 Å². The van der Waals surface area contributed by atoms with E-state index < -0.39 is 6.10 Å². The fraction of sp³-hybridized carbons (Fsp3) is 0.632. The molecule has 0 radical (unpaired) electrons. The SMILES string of the molecule is CCN1CCN(CCC(=O)N2CC(O)CC2c2cccc(F)c2)CC1. The molecule has 2 aliphatic heterocycles. The van der Waals surface area contributed by atoms with Crippen molar-refractivity contribution in [2.45, 2.75) is 31.9 Å². The average Bonchev–Trinajstić information content (AvgIpc) is 3.02. The number of β-amino-alcohol motifs (C(OH)–C–C–N with tert-alkyl or cyclic N) is 1. The molecule has 2 atom stereocenters. The van der Waals surface area contributed by atoms with Gasteiger partial charge in [-0.25, -0.2) is 4.39 Å². The van der Waals surface area contributed by atoms with Crippen molar-refractivity contribution in [1.82, 2.24) is 14.7 Å². The van der Waals surface area contributed by atoms with Crippen LogP contribution in [0.15, 0.2) is 24.3 Å². The second-order valence-electron chi connectivity index (χ2n) is 7.03. The Bertz CT molecular complexity index is 590. The average molecular weight is 349 g/mol. The lowest BCUT2D eigenvalue weighted by molar-refractivity contribution is -0.132. The van der Waals surface area contributed by atoms with Gasteiger partial charge in [0.05, 0.1) is 12.1 Å². The van der Waals surface area contributed by atoms with Crippen molar-refractivity contribution in [3.63, 3.8) is 0 Å². The van der Waals surface area contributed by atoms with E-state index in [0.29, 0.717) is 19.4 Å². The minimum absolute atomic E-state index is 0.0451. The molecular weight excluding hydrogens is 321 g/mol. The number of hydrogen-bond donors (Lipinski definition) is 1. The van der Waals surface area contributed by atoms with Gasteiger partial charge in [-0.1, -0.05) is 19.1 Å². The number of likely N-dealkylation sites (N-methyl/N-ethyl adjacent to an activating group) is 1. The molecule has 1 aromatic rings. The molecule has 2 heterocycles. The van der Waals surface area contributed by atoms with E-state index in [9.17, 15) is 14.3 Å². The minimum atomic E-state index is -0.537. The molecule has 5 nitrogen and oxygen atoms in total. The second kappa shape index (κ2) is 8.25. The highest BCUT2D eigenvalue weighted by molar-refractivity contribution is 5.77. The van der Waals surface area contributed by atoms with Gasteiger partial charge >= 0.3 is 0 Å². The van der Waals surface area contributed by atoms with Crippen molar-refractivity contribution in [1.29, 1.82) is 0 Å². The van der Waals surface area contributed by atoms with Crippen molar-refractivity contribution in [3.8, 4) is 0 Å². The van der Waals surface area contributed by atoms with Crippen molar-refractivity contribution >= 4 is 5.91 Å². The van der Waals surface area contributed by atoms with Gasteiger partial charge in [0.2, 0.25) is 5.91 Å². The molecule has 0 aliphatic carbocycles. The lowest BCUT2D eigenvalue weighted by Gasteiger charge is -2.34. The minimum Gasteiger partial charge on any atom is -0.391 e. The summed E-state index contributed by atoms with van der Waals surface area (Å²) in [7, 11) is 0. The summed E-state index contributed by atoms with van der Waals surface area (Å²) in [6, 6.07) is 6.13. The van der Waals surface area contributed by atoms with Gasteiger partial charge in [0.15, 0.2) is 0 Å². The quantitative estimate of drug-likeness (QED) is 0.875. The van der Waals surface area contributed by atoms with Crippen LogP contribution in [-0.4, -0.2) is 77.6 Å². The number of rotatable bonds is 5. The number of likely N-dealkylation sites (tertiary alicyclic amines) is 1. The Hall–Kier alpha value is -1.50. The monoisotopic (exact) mass is 349 g/mol. The maximum atomic E-state index is 13.5. The molecule has 0 bridgehead atoms. The van der Waals surface area contributed by atoms with Gasteiger partial charge in [0.1, 0.15) is 5.82 Å². The van der Waals surface area contributed by atoms with Gasteiger partial charge < -0.3 is 19.8 Å². The van der Waals surface area contributed by atoms with E-state index >= 15 is 0 Å². The van der Waals surface area contributed by atoms with Gasteiger partial charge in [-0.2, -0.15) is 0 Å². The second-order valence-corrected chi connectivity index (χ2v) is 7.03. The molecule has 0 aromatic heterocycles. The van der Waals surface area contributed by atoms with Gasteiger partial charge in [-0.05, 0) is 30.7 Å². The number of aliphatic hydroxyl groups excluding tert-OH is 1. The third-order valence-corrected chi connectivity index (χ3v) is 5.39. The largest absolute Gasteiger partial charge is 0.391 e. The third-order valence-electron chi connectivity index (χ3n) is 5.39. The number of piperazine rings is 1. The molecule has 1 N–H and O–H groups in total. The highest BCUT2D eigenvalue weighted by Crippen LogP contribution is 2.33. The first kappa shape index (κ1) is 18.3. The zero-order valence-electron chi connectivity index (χ0n) is 14.9.